The van der Waals surface area contributed by atoms with Gasteiger partial charge >= 0.3 is 0 Å². The summed E-state index contributed by atoms with van der Waals surface area (Å²) in [5, 5.41) is 0. The van der Waals surface area contributed by atoms with Crippen molar-refractivity contribution in [2.24, 2.45) is 5.92 Å². The summed E-state index contributed by atoms with van der Waals surface area (Å²) >= 11 is 0. The molecule has 7 heteroatoms. The van der Waals surface area contributed by atoms with Crippen LogP contribution in [0.25, 0.3) is 11.5 Å². The van der Waals surface area contributed by atoms with Crippen molar-refractivity contribution < 1.29 is 13.9 Å². The number of fused-ring (bicyclic) bond motifs is 2. The smallest absolute Gasteiger partial charge is 0.273 e. The Morgan fingerprint density at radius 2 is 2.10 bits per heavy atom. The number of oxazole rings is 1. The standard InChI is InChI=1S/C23H24N4O3/c1-14-3-8-20(25-12-14)30-13-16-11-17-5-7-19(16)27(17)23(28)21-18(6-4-15(2)26-21)22-24-9-10-29-22/h3-4,6,8-10,12,16-17,19H,5,7,11,13H2,1-2H3. The summed E-state index contributed by atoms with van der Waals surface area (Å²) in [4.78, 5) is 28.7. The van der Waals surface area contributed by atoms with E-state index in [1.807, 2.05) is 43.0 Å². The minimum atomic E-state index is -0.0460. The highest BCUT2D eigenvalue weighted by Crippen LogP contribution is 2.43. The van der Waals surface area contributed by atoms with Gasteiger partial charge in [0.1, 0.15) is 12.0 Å². The molecule has 5 heterocycles. The molecule has 154 valence electrons. The van der Waals surface area contributed by atoms with Gasteiger partial charge in [0.25, 0.3) is 5.91 Å². The topological polar surface area (TPSA) is 81.4 Å². The van der Waals surface area contributed by atoms with Crippen molar-refractivity contribution in [1.82, 2.24) is 19.9 Å². The molecule has 5 rings (SSSR count). The summed E-state index contributed by atoms with van der Waals surface area (Å²) in [5.74, 6) is 1.30. The number of aromatic nitrogens is 3. The van der Waals surface area contributed by atoms with Gasteiger partial charge in [-0.25, -0.2) is 15.0 Å². The van der Waals surface area contributed by atoms with Crippen molar-refractivity contribution in [3.63, 3.8) is 0 Å². The van der Waals surface area contributed by atoms with Crippen LogP contribution in [0.2, 0.25) is 0 Å². The van der Waals surface area contributed by atoms with Gasteiger partial charge in [-0.3, -0.25) is 4.79 Å². The number of nitrogens with zero attached hydrogens (tertiary/aromatic N) is 4. The lowest BCUT2D eigenvalue weighted by molar-refractivity contribution is 0.0704. The predicted molar refractivity (Wildman–Crippen MR) is 110 cm³/mol. The second kappa shape index (κ2) is 7.55. The van der Waals surface area contributed by atoms with E-state index in [0.717, 1.165) is 30.5 Å². The van der Waals surface area contributed by atoms with Gasteiger partial charge in [0.05, 0.1) is 18.4 Å². The molecule has 7 nitrogen and oxygen atoms in total. The van der Waals surface area contributed by atoms with Crippen molar-refractivity contribution in [1.29, 1.82) is 0 Å². The van der Waals surface area contributed by atoms with Gasteiger partial charge in [-0.1, -0.05) is 6.07 Å². The molecule has 0 aromatic carbocycles. The number of hydrogen-bond donors (Lipinski definition) is 0. The maximum atomic E-state index is 13.6. The van der Waals surface area contributed by atoms with E-state index in [0.29, 0.717) is 35.6 Å². The van der Waals surface area contributed by atoms with Gasteiger partial charge in [0, 0.05) is 36.0 Å². The highest BCUT2D eigenvalue weighted by atomic mass is 16.5. The molecule has 0 N–H and O–H groups in total. The summed E-state index contributed by atoms with van der Waals surface area (Å²) in [5.41, 5.74) is 2.95. The summed E-state index contributed by atoms with van der Waals surface area (Å²) in [6.07, 6.45) is 7.86. The molecular weight excluding hydrogens is 380 g/mol. The fraction of sp³-hybridized carbons (Fsp3) is 0.391. The maximum Gasteiger partial charge on any atom is 0.273 e. The molecule has 3 aromatic rings. The highest BCUT2D eigenvalue weighted by Gasteiger charge is 2.49. The molecule has 2 bridgehead atoms. The first-order valence-corrected chi connectivity index (χ1v) is 10.4. The van der Waals surface area contributed by atoms with Crippen LogP contribution in [0, 0.1) is 19.8 Å². The average Bonchev–Trinajstić information content (AvgIpc) is 3.49. The van der Waals surface area contributed by atoms with Gasteiger partial charge < -0.3 is 14.1 Å². The van der Waals surface area contributed by atoms with E-state index in [1.165, 1.54) is 6.26 Å². The van der Waals surface area contributed by atoms with Crippen LogP contribution >= 0.6 is 0 Å². The van der Waals surface area contributed by atoms with Gasteiger partial charge in [-0.15, -0.1) is 0 Å². The van der Waals surface area contributed by atoms with Gasteiger partial charge in [-0.05, 0) is 50.8 Å². The SMILES string of the molecule is Cc1ccc(OCC2CC3CCC2N3C(=O)c2nc(C)ccc2-c2ncco2)nc1. The third kappa shape index (κ3) is 3.34. The molecule has 0 spiro atoms. The molecule has 2 aliphatic heterocycles. The molecule has 2 saturated heterocycles. The zero-order chi connectivity index (χ0) is 20.7. The Kier molecular flexibility index (Phi) is 4.73. The highest BCUT2D eigenvalue weighted by molar-refractivity contribution is 5.98. The second-order valence-electron chi connectivity index (χ2n) is 8.18. The first-order valence-electron chi connectivity index (χ1n) is 10.4. The van der Waals surface area contributed by atoms with E-state index in [9.17, 15) is 4.79 Å². The average molecular weight is 404 g/mol. The molecule has 0 aliphatic carbocycles. The van der Waals surface area contributed by atoms with Crippen LogP contribution in [-0.2, 0) is 0 Å². The van der Waals surface area contributed by atoms with Crippen molar-refractivity contribution in [3.05, 3.63) is 59.9 Å². The van der Waals surface area contributed by atoms with E-state index >= 15 is 0 Å². The van der Waals surface area contributed by atoms with Crippen LogP contribution in [0.5, 0.6) is 5.88 Å². The Hall–Kier alpha value is -3.22. The van der Waals surface area contributed by atoms with Crippen LogP contribution in [-0.4, -0.2) is 44.4 Å². The van der Waals surface area contributed by atoms with Crippen LogP contribution in [0.15, 0.2) is 47.3 Å². The zero-order valence-electron chi connectivity index (χ0n) is 17.1. The summed E-state index contributed by atoms with van der Waals surface area (Å²) in [6, 6.07) is 8.01. The summed E-state index contributed by atoms with van der Waals surface area (Å²) < 4.78 is 11.4. The Balaban J connectivity index is 1.36. The number of carbonyl (C=O) groups excluding carboxylic acids is 1. The van der Waals surface area contributed by atoms with Crippen LogP contribution in [0.1, 0.15) is 41.0 Å². The molecular formula is C23H24N4O3. The predicted octanol–water partition coefficient (Wildman–Crippen LogP) is 3.82. The number of pyridine rings is 2. The van der Waals surface area contributed by atoms with E-state index in [1.54, 1.807) is 12.4 Å². The molecule has 3 unspecified atom stereocenters. The largest absolute Gasteiger partial charge is 0.477 e. The molecule has 3 aromatic heterocycles. The Morgan fingerprint density at radius 3 is 2.87 bits per heavy atom. The third-order valence-electron chi connectivity index (χ3n) is 6.13. The van der Waals surface area contributed by atoms with E-state index in [4.69, 9.17) is 9.15 Å². The molecule has 30 heavy (non-hydrogen) atoms. The maximum absolute atomic E-state index is 13.6. The number of rotatable bonds is 5. The van der Waals surface area contributed by atoms with Gasteiger partial charge in [-0.2, -0.15) is 0 Å². The summed E-state index contributed by atoms with van der Waals surface area (Å²) in [6.45, 7) is 4.46. The number of ether oxygens (including phenoxy) is 1. The van der Waals surface area contributed by atoms with E-state index < -0.39 is 0 Å². The lowest BCUT2D eigenvalue weighted by Gasteiger charge is -2.25. The minimum absolute atomic E-state index is 0.0460. The molecule has 2 fully saturated rings. The summed E-state index contributed by atoms with van der Waals surface area (Å²) in [7, 11) is 0. The fourth-order valence-corrected chi connectivity index (χ4v) is 4.71. The van der Waals surface area contributed by atoms with E-state index in [2.05, 4.69) is 15.0 Å². The third-order valence-corrected chi connectivity index (χ3v) is 6.13. The number of hydrogen-bond acceptors (Lipinski definition) is 6. The lowest BCUT2D eigenvalue weighted by Crippen LogP contribution is -2.38. The fourth-order valence-electron chi connectivity index (χ4n) is 4.71. The van der Waals surface area contributed by atoms with Crippen LogP contribution in [0.3, 0.4) is 0 Å². The molecule has 0 saturated carbocycles. The number of aryl methyl sites for hydroxylation is 2. The Labute approximate surface area is 175 Å². The van der Waals surface area contributed by atoms with Gasteiger partial charge in [0.15, 0.2) is 0 Å². The van der Waals surface area contributed by atoms with Crippen LogP contribution in [0.4, 0.5) is 0 Å². The first-order chi connectivity index (χ1) is 14.6. The van der Waals surface area contributed by atoms with Crippen molar-refractivity contribution in [2.45, 2.75) is 45.2 Å². The Bertz CT molecular complexity index is 1050. The zero-order valence-corrected chi connectivity index (χ0v) is 17.1. The molecule has 2 aliphatic rings. The quantitative estimate of drug-likeness (QED) is 0.643. The van der Waals surface area contributed by atoms with Crippen LogP contribution < -0.4 is 4.74 Å². The molecule has 3 atom stereocenters. The Morgan fingerprint density at radius 1 is 1.20 bits per heavy atom. The van der Waals surface area contributed by atoms with Gasteiger partial charge in [0.2, 0.25) is 11.8 Å². The van der Waals surface area contributed by atoms with Crippen molar-refractivity contribution >= 4 is 5.91 Å². The second-order valence-corrected chi connectivity index (χ2v) is 8.18. The first kappa shape index (κ1) is 18.8. The molecule has 1 amide bonds. The number of amides is 1. The normalized spacial score (nSPS) is 22.5. The van der Waals surface area contributed by atoms with Crippen molar-refractivity contribution in [3.8, 4) is 17.3 Å². The van der Waals surface area contributed by atoms with E-state index in [-0.39, 0.29) is 18.0 Å². The number of carbonyl (C=O) groups is 1. The molecule has 0 radical (unpaired) electrons. The minimum Gasteiger partial charge on any atom is -0.477 e. The monoisotopic (exact) mass is 404 g/mol. The lowest BCUT2D eigenvalue weighted by atomic mass is 9.90. The van der Waals surface area contributed by atoms with Crippen molar-refractivity contribution in [2.75, 3.05) is 6.61 Å².